The van der Waals surface area contributed by atoms with Crippen molar-refractivity contribution in [2.24, 2.45) is 0 Å². The van der Waals surface area contributed by atoms with E-state index in [1.54, 1.807) is 0 Å². The van der Waals surface area contributed by atoms with Crippen LogP contribution in [0, 0.1) is 0 Å². The van der Waals surface area contributed by atoms with Crippen LogP contribution < -0.4 is 4.90 Å². The van der Waals surface area contributed by atoms with Gasteiger partial charge in [0.1, 0.15) is 5.69 Å². The number of nitrogens with zero attached hydrogens (tertiary/aromatic N) is 4. The summed E-state index contributed by atoms with van der Waals surface area (Å²) in [5, 5.41) is 0. The predicted octanol–water partition coefficient (Wildman–Crippen LogP) is 6.05. The molecule has 4 heteroatoms. The molecule has 2 rings (SSSR count). The molecule has 4 nitrogen and oxygen atoms in total. The van der Waals surface area contributed by atoms with E-state index in [0.29, 0.717) is 12.0 Å². The molecule has 28 heavy (non-hydrogen) atoms. The minimum Gasteiger partial charge on any atom is -0.355 e. The van der Waals surface area contributed by atoms with Crippen molar-refractivity contribution >= 4 is 11.4 Å². The van der Waals surface area contributed by atoms with Gasteiger partial charge in [-0.25, -0.2) is 9.97 Å². The lowest BCUT2D eigenvalue weighted by Gasteiger charge is -2.28. The molecule has 2 aromatic heterocycles. The Morgan fingerprint density at radius 1 is 1.00 bits per heavy atom. The maximum atomic E-state index is 5.09. The average Bonchev–Trinajstić information content (AvgIpc) is 2.70. The van der Waals surface area contributed by atoms with Crippen LogP contribution in [0.2, 0.25) is 0 Å². The Morgan fingerprint density at radius 2 is 1.64 bits per heavy atom. The van der Waals surface area contributed by atoms with Gasteiger partial charge in [0.05, 0.1) is 11.4 Å². The zero-order valence-corrected chi connectivity index (χ0v) is 18.9. The van der Waals surface area contributed by atoms with Crippen molar-refractivity contribution in [3.63, 3.8) is 0 Å². The fourth-order valence-corrected chi connectivity index (χ4v) is 3.26. The van der Waals surface area contributed by atoms with Crippen LogP contribution in [0.5, 0.6) is 0 Å². The molecule has 0 amide bonds. The van der Waals surface area contributed by atoms with Gasteiger partial charge in [0.25, 0.3) is 0 Å². The van der Waals surface area contributed by atoms with Crippen LogP contribution in [0.3, 0.4) is 0 Å². The van der Waals surface area contributed by atoms with Gasteiger partial charge in [-0.2, -0.15) is 0 Å². The molecule has 152 valence electrons. The van der Waals surface area contributed by atoms with Crippen LogP contribution in [-0.4, -0.2) is 28.0 Å². The second-order valence-electron chi connectivity index (χ2n) is 7.93. The summed E-state index contributed by atoms with van der Waals surface area (Å²) in [6.45, 7) is 19.2. The van der Waals surface area contributed by atoms with Gasteiger partial charge in [0.15, 0.2) is 5.82 Å². The Hall–Kier alpha value is -2.23. The summed E-state index contributed by atoms with van der Waals surface area (Å²) in [7, 11) is 2.10. The Labute approximate surface area is 171 Å². The average molecular weight is 381 g/mol. The molecule has 0 aliphatic rings. The maximum absolute atomic E-state index is 5.09. The van der Waals surface area contributed by atoms with Crippen molar-refractivity contribution in [3.8, 4) is 11.3 Å². The molecule has 0 aromatic carbocycles. The third-order valence-electron chi connectivity index (χ3n) is 5.45. The summed E-state index contributed by atoms with van der Waals surface area (Å²) >= 11 is 0. The number of aryl methyl sites for hydroxylation is 2. The van der Waals surface area contributed by atoms with Crippen LogP contribution in [0.1, 0.15) is 83.6 Å². The first-order valence-corrected chi connectivity index (χ1v) is 10.5. The highest BCUT2D eigenvalue weighted by Gasteiger charge is 2.21. The fourth-order valence-electron chi connectivity index (χ4n) is 3.26. The molecule has 1 atom stereocenters. The molecule has 0 spiro atoms. The van der Waals surface area contributed by atoms with Crippen LogP contribution in [0.15, 0.2) is 18.7 Å². The molecule has 0 fully saturated rings. The predicted molar refractivity (Wildman–Crippen MR) is 121 cm³/mol. The van der Waals surface area contributed by atoms with Crippen molar-refractivity contribution in [1.29, 1.82) is 0 Å². The molecule has 0 aliphatic heterocycles. The molecule has 0 saturated heterocycles. The molecule has 2 heterocycles. The van der Waals surface area contributed by atoms with Gasteiger partial charge in [0, 0.05) is 30.0 Å². The molecule has 0 radical (unpaired) electrons. The number of hydrogen-bond donors (Lipinski definition) is 0. The van der Waals surface area contributed by atoms with E-state index in [9.17, 15) is 0 Å². The minimum atomic E-state index is 0.390. The lowest BCUT2D eigenvalue weighted by Crippen LogP contribution is -2.30. The van der Waals surface area contributed by atoms with E-state index in [1.165, 1.54) is 0 Å². The van der Waals surface area contributed by atoms with E-state index in [4.69, 9.17) is 15.0 Å². The summed E-state index contributed by atoms with van der Waals surface area (Å²) in [4.78, 5) is 17.3. The van der Waals surface area contributed by atoms with Crippen molar-refractivity contribution in [1.82, 2.24) is 15.0 Å². The van der Waals surface area contributed by atoms with Gasteiger partial charge in [-0.15, -0.1) is 0 Å². The number of pyridine rings is 1. The van der Waals surface area contributed by atoms with Gasteiger partial charge in [0.2, 0.25) is 0 Å². The lowest BCUT2D eigenvalue weighted by atomic mass is 10.0. The van der Waals surface area contributed by atoms with Gasteiger partial charge >= 0.3 is 0 Å². The van der Waals surface area contributed by atoms with Crippen molar-refractivity contribution < 1.29 is 0 Å². The molecular weight excluding hydrogens is 344 g/mol. The topological polar surface area (TPSA) is 41.9 Å². The maximum Gasteiger partial charge on any atom is 0.155 e. The van der Waals surface area contributed by atoms with E-state index in [1.807, 2.05) is 6.92 Å². The highest BCUT2D eigenvalue weighted by molar-refractivity contribution is 5.74. The fraction of sp³-hybridized carbons (Fsp3) is 0.542. The second kappa shape index (κ2) is 9.31. The number of hydrogen-bond acceptors (Lipinski definition) is 4. The largest absolute Gasteiger partial charge is 0.355 e. The Bertz CT molecular complexity index is 839. The first kappa shape index (κ1) is 22.1. The SMILES string of the molecule is C=C(C)c1nc(-c2ccc(C(C)C)nc2CC)c(CC)nc1N(C)C(C)CC. The summed E-state index contributed by atoms with van der Waals surface area (Å²) in [6.07, 6.45) is 2.75. The molecule has 2 aromatic rings. The normalized spacial score (nSPS) is 12.3. The van der Waals surface area contributed by atoms with E-state index in [0.717, 1.165) is 64.7 Å². The van der Waals surface area contributed by atoms with E-state index < -0.39 is 0 Å². The van der Waals surface area contributed by atoms with Crippen LogP contribution in [0.25, 0.3) is 16.8 Å². The standard InChI is InChI=1S/C24H36N4/c1-10-17(8)28(9)24-22(16(6)7)27-23(20(12-3)26-24)18-13-14-21(15(4)5)25-19(18)11-2/h13-15,17H,6,10-12H2,1-5,7-9H3. The third-order valence-corrected chi connectivity index (χ3v) is 5.45. The number of rotatable bonds is 8. The first-order valence-electron chi connectivity index (χ1n) is 10.5. The van der Waals surface area contributed by atoms with Gasteiger partial charge < -0.3 is 4.90 Å². The molecular formula is C24H36N4. The van der Waals surface area contributed by atoms with Crippen molar-refractivity contribution in [2.75, 3.05) is 11.9 Å². The summed E-state index contributed by atoms with van der Waals surface area (Å²) in [6, 6.07) is 4.69. The van der Waals surface area contributed by atoms with Crippen molar-refractivity contribution in [3.05, 3.63) is 41.5 Å². The van der Waals surface area contributed by atoms with Crippen LogP contribution in [-0.2, 0) is 12.8 Å². The molecule has 0 aliphatic carbocycles. The zero-order valence-electron chi connectivity index (χ0n) is 18.9. The summed E-state index contributed by atoms with van der Waals surface area (Å²) in [5.74, 6) is 1.33. The van der Waals surface area contributed by atoms with E-state index >= 15 is 0 Å². The Balaban J connectivity index is 2.72. The molecule has 0 N–H and O–H groups in total. The summed E-state index contributed by atoms with van der Waals surface area (Å²) in [5.41, 5.74) is 7.09. The molecule has 0 saturated carbocycles. The van der Waals surface area contributed by atoms with Gasteiger partial charge in [-0.1, -0.05) is 41.2 Å². The Morgan fingerprint density at radius 3 is 2.14 bits per heavy atom. The minimum absolute atomic E-state index is 0.390. The van der Waals surface area contributed by atoms with Gasteiger partial charge in [-0.05, 0) is 56.7 Å². The van der Waals surface area contributed by atoms with Crippen LogP contribution in [0.4, 0.5) is 5.82 Å². The van der Waals surface area contributed by atoms with E-state index in [-0.39, 0.29) is 0 Å². The number of aromatic nitrogens is 3. The number of allylic oxidation sites excluding steroid dienone is 1. The van der Waals surface area contributed by atoms with Gasteiger partial charge in [-0.3, -0.25) is 4.98 Å². The van der Waals surface area contributed by atoms with Crippen LogP contribution >= 0.6 is 0 Å². The molecule has 0 bridgehead atoms. The van der Waals surface area contributed by atoms with Crippen molar-refractivity contribution in [2.45, 2.75) is 79.7 Å². The lowest BCUT2D eigenvalue weighted by molar-refractivity contribution is 0.653. The highest BCUT2D eigenvalue weighted by Crippen LogP contribution is 2.32. The number of anilines is 1. The highest BCUT2D eigenvalue weighted by atomic mass is 15.2. The molecule has 1 unspecified atom stereocenters. The smallest absolute Gasteiger partial charge is 0.155 e. The first-order chi connectivity index (χ1) is 13.2. The quantitative estimate of drug-likeness (QED) is 0.558. The third kappa shape index (κ3) is 4.43. The monoisotopic (exact) mass is 380 g/mol. The zero-order chi connectivity index (χ0) is 21.0. The second-order valence-corrected chi connectivity index (χ2v) is 7.93. The summed E-state index contributed by atoms with van der Waals surface area (Å²) < 4.78 is 0. The van der Waals surface area contributed by atoms with E-state index in [2.05, 4.69) is 72.2 Å². The Kier molecular flexibility index (Phi) is 7.34.